The Balaban J connectivity index is 3.23. The standard InChI is InChI=1S/C8H10F2N2O2/c1-14-8-4(3-11)2-5(13)6(12-8)7(9)10/h2,7,13H,3,11H2,1H3. The van der Waals surface area contributed by atoms with Crippen molar-refractivity contribution in [3.8, 4) is 11.6 Å². The Morgan fingerprint density at radius 2 is 2.29 bits per heavy atom. The van der Waals surface area contributed by atoms with Gasteiger partial charge in [0.1, 0.15) is 5.75 Å². The van der Waals surface area contributed by atoms with E-state index >= 15 is 0 Å². The Morgan fingerprint density at radius 3 is 2.71 bits per heavy atom. The van der Waals surface area contributed by atoms with Crippen LogP contribution in [-0.4, -0.2) is 17.2 Å². The van der Waals surface area contributed by atoms with Gasteiger partial charge in [-0.2, -0.15) is 0 Å². The number of hydrogen-bond acceptors (Lipinski definition) is 4. The molecule has 0 fully saturated rings. The van der Waals surface area contributed by atoms with E-state index in [0.717, 1.165) is 6.07 Å². The van der Waals surface area contributed by atoms with Gasteiger partial charge in [0.05, 0.1) is 7.11 Å². The second-order valence-corrected chi connectivity index (χ2v) is 2.57. The zero-order valence-corrected chi connectivity index (χ0v) is 7.50. The summed E-state index contributed by atoms with van der Waals surface area (Å²) in [4.78, 5) is 3.46. The molecular weight excluding hydrogens is 194 g/mol. The third kappa shape index (κ3) is 1.90. The van der Waals surface area contributed by atoms with Gasteiger partial charge in [0.15, 0.2) is 5.69 Å². The van der Waals surface area contributed by atoms with Crippen LogP contribution in [-0.2, 0) is 6.54 Å². The number of hydrogen-bond donors (Lipinski definition) is 2. The first kappa shape index (κ1) is 10.6. The van der Waals surface area contributed by atoms with Crippen molar-refractivity contribution in [1.29, 1.82) is 0 Å². The predicted octanol–water partition coefficient (Wildman–Crippen LogP) is 1.19. The number of methoxy groups -OCH3 is 1. The molecule has 0 radical (unpaired) electrons. The number of pyridine rings is 1. The van der Waals surface area contributed by atoms with Crippen LogP contribution in [0.25, 0.3) is 0 Å². The maximum absolute atomic E-state index is 12.3. The van der Waals surface area contributed by atoms with Gasteiger partial charge >= 0.3 is 0 Å². The summed E-state index contributed by atoms with van der Waals surface area (Å²) in [5.41, 5.74) is 4.99. The average Bonchev–Trinajstić information content (AvgIpc) is 2.16. The normalized spacial score (nSPS) is 10.6. The van der Waals surface area contributed by atoms with E-state index in [9.17, 15) is 8.78 Å². The fourth-order valence-electron chi connectivity index (χ4n) is 1.02. The molecule has 0 saturated heterocycles. The van der Waals surface area contributed by atoms with Gasteiger partial charge in [0.25, 0.3) is 6.43 Å². The van der Waals surface area contributed by atoms with E-state index in [1.54, 1.807) is 0 Å². The highest BCUT2D eigenvalue weighted by Crippen LogP contribution is 2.30. The highest BCUT2D eigenvalue weighted by Gasteiger charge is 2.18. The van der Waals surface area contributed by atoms with E-state index in [-0.39, 0.29) is 12.4 Å². The van der Waals surface area contributed by atoms with E-state index < -0.39 is 17.9 Å². The number of rotatable bonds is 3. The maximum atomic E-state index is 12.3. The van der Waals surface area contributed by atoms with Crippen molar-refractivity contribution in [3.05, 3.63) is 17.3 Å². The molecule has 4 nitrogen and oxygen atoms in total. The predicted molar refractivity (Wildman–Crippen MR) is 45.3 cm³/mol. The Kier molecular flexibility index (Phi) is 3.19. The molecule has 0 atom stereocenters. The smallest absolute Gasteiger partial charge is 0.284 e. The van der Waals surface area contributed by atoms with E-state index in [1.807, 2.05) is 0 Å². The van der Waals surface area contributed by atoms with Crippen molar-refractivity contribution in [1.82, 2.24) is 4.98 Å². The molecule has 3 N–H and O–H groups in total. The van der Waals surface area contributed by atoms with Crippen molar-refractivity contribution in [2.75, 3.05) is 7.11 Å². The lowest BCUT2D eigenvalue weighted by Crippen LogP contribution is -2.04. The van der Waals surface area contributed by atoms with Gasteiger partial charge in [0, 0.05) is 12.1 Å². The molecule has 0 unspecified atom stereocenters. The molecule has 1 aromatic rings. The third-order valence-corrected chi connectivity index (χ3v) is 1.69. The first-order chi connectivity index (χ1) is 6.60. The fourth-order valence-corrected chi connectivity index (χ4v) is 1.02. The van der Waals surface area contributed by atoms with Crippen LogP contribution in [0.4, 0.5) is 8.78 Å². The molecule has 6 heteroatoms. The van der Waals surface area contributed by atoms with Gasteiger partial charge < -0.3 is 15.6 Å². The molecule has 0 bridgehead atoms. The molecule has 1 rings (SSSR count). The summed E-state index contributed by atoms with van der Waals surface area (Å²) in [6, 6.07) is 1.13. The first-order valence-electron chi connectivity index (χ1n) is 3.85. The maximum Gasteiger partial charge on any atom is 0.284 e. The van der Waals surface area contributed by atoms with Gasteiger partial charge in [-0.3, -0.25) is 0 Å². The van der Waals surface area contributed by atoms with Crippen molar-refractivity contribution in [2.24, 2.45) is 5.73 Å². The van der Waals surface area contributed by atoms with Crippen LogP contribution >= 0.6 is 0 Å². The number of aromatic nitrogens is 1. The SMILES string of the molecule is COc1nc(C(F)F)c(O)cc1CN. The molecule has 0 aliphatic heterocycles. The van der Waals surface area contributed by atoms with Crippen molar-refractivity contribution >= 4 is 0 Å². The summed E-state index contributed by atoms with van der Waals surface area (Å²) in [5, 5.41) is 9.16. The van der Waals surface area contributed by atoms with Crippen LogP contribution in [0.5, 0.6) is 11.6 Å². The summed E-state index contributed by atoms with van der Waals surface area (Å²) in [6.45, 7) is 0.0627. The number of alkyl halides is 2. The van der Waals surface area contributed by atoms with Crippen LogP contribution in [0, 0.1) is 0 Å². The van der Waals surface area contributed by atoms with Gasteiger partial charge in [-0.1, -0.05) is 0 Å². The number of halogens is 2. The summed E-state index contributed by atoms with van der Waals surface area (Å²) >= 11 is 0. The Labute approximate surface area is 79.3 Å². The van der Waals surface area contributed by atoms with E-state index in [0.29, 0.717) is 5.56 Å². The Hall–Kier alpha value is -1.43. The molecule has 1 heterocycles. The van der Waals surface area contributed by atoms with Gasteiger partial charge in [-0.05, 0) is 6.07 Å². The lowest BCUT2D eigenvalue weighted by Gasteiger charge is -2.09. The second-order valence-electron chi connectivity index (χ2n) is 2.57. The lowest BCUT2D eigenvalue weighted by atomic mass is 10.2. The summed E-state index contributed by atoms with van der Waals surface area (Å²) in [7, 11) is 1.30. The zero-order valence-electron chi connectivity index (χ0n) is 7.50. The number of ether oxygens (including phenoxy) is 1. The molecule has 78 valence electrons. The highest BCUT2D eigenvalue weighted by atomic mass is 19.3. The molecule has 14 heavy (non-hydrogen) atoms. The monoisotopic (exact) mass is 204 g/mol. The van der Waals surface area contributed by atoms with Gasteiger partial charge in [-0.15, -0.1) is 0 Å². The summed E-state index contributed by atoms with van der Waals surface area (Å²) in [5.74, 6) is -0.554. The minimum atomic E-state index is -2.84. The first-order valence-corrected chi connectivity index (χ1v) is 3.85. The lowest BCUT2D eigenvalue weighted by molar-refractivity contribution is 0.140. The molecule has 0 aliphatic rings. The second kappa shape index (κ2) is 4.19. The highest BCUT2D eigenvalue weighted by molar-refractivity contribution is 5.38. The molecular formula is C8H10F2N2O2. The molecule has 0 amide bonds. The van der Waals surface area contributed by atoms with Crippen molar-refractivity contribution < 1.29 is 18.6 Å². The molecule has 1 aromatic heterocycles. The fraction of sp³-hybridized carbons (Fsp3) is 0.375. The number of nitrogens with two attached hydrogens (primary N) is 1. The van der Waals surface area contributed by atoms with E-state index in [1.165, 1.54) is 7.11 Å². The third-order valence-electron chi connectivity index (χ3n) is 1.69. The topological polar surface area (TPSA) is 68.4 Å². The van der Waals surface area contributed by atoms with Crippen LogP contribution in [0.3, 0.4) is 0 Å². The van der Waals surface area contributed by atoms with Gasteiger partial charge in [0.2, 0.25) is 5.88 Å². The zero-order chi connectivity index (χ0) is 10.7. The van der Waals surface area contributed by atoms with Crippen molar-refractivity contribution in [3.63, 3.8) is 0 Å². The number of nitrogens with zero attached hydrogens (tertiary/aromatic N) is 1. The quantitative estimate of drug-likeness (QED) is 0.776. The minimum Gasteiger partial charge on any atom is -0.506 e. The molecule has 0 aromatic carbocycles. The van der Waals surface area contributed by atoms with Crippen LogP contribution in [0.2, 0.25) is 0 Å². The Bertz CT molecular complexity index is 331. The Morgan fingerprint density at radius 1 is 1.64 bits per heavy atom. The number of aromatic hydroxyl groups is 1. The van der Waals surface area contributed by atoms with Crippen LogP contribution in [0.1, 0.15) is 17.7 Å². The van der Waals surface area contributed by atoms with Gasteiger partial charge in [-0.25, -0.2) is 13.8 Å². The van der Waals surface area contributed by atoms with E-state index in [2.05, 4.69) is 4.98 Å². The minimum absolute atomic E-state index is 0.0144. The molecule has 0 aliphatic carbocycles. The van der Waals surface area contributed by atoms with Crippen LogP contribution in [0.15, 0.2) is 6.07 Å². The molecule has 0 saturated carbocycles. The average molecular weight is 204 g/mol. The van der Waals surface area contributed by atoms with Crippen molar-refractivity contribution in [2.45, 2.75) is 13.0 Å². The summed E-state index contributed by atoms with van der Waals surface area (Å²) < 4.78 is 29.3. The van der Waals surface area contributed by atoms with Crippen LogP contribution < -0.4 is 10.5 Å². The largest absolute Gasteiger partial charge is 0.506 e. The molecule has 0 spiro atoms. The van der Waals surface area contributed by atoms with E-state index in [4.69, 9.17) is 15.6 Å². The summed E-state index contributed by atoms with van der Waals surface area (Å²) in [6.07, 6.45) is -2.84.